The maximum atomic E-state index is 6.07. The molecule has 0 aliphatic rings. The molecule has 0 aliphatic heterocycles. The number of fused-ring (bicyclic) bond motifs is 1. The molecule has 1 aromatic carbocycles. The average molecular weight is 244 g/mol. The first-order valence-electron chi connectivity index (χ1n) is 5.35. The Morgan fingerprint density at radius 2 is 1.88 bits per heavy atom. The number of benzene rings is 1. The van der Waals surface area contributed by atoms with Crippen molar-refractivity contribution in [1.82, 2.24) is 14.8 Å². The van der Waals surface area contributed by atoms with Gasteiger partial charge < -0.3 is 0 Å². The molecule has 0 aliphatic carbocycles. The Morgan fingerprint density at radius 1 is 1.06 bits per heavy atom. The van der Waals surface area contributed by atoms with E-state index in [0.29, 0.717) is 11.7 Å². The van der Waals surface area contributed by atoms with Crippen LogP contribution in [0.3, 0.4) is 0 Å². The lowest BCUT2D eigenvalue weighted by Gasteiger charge is -2.02. The van der Waals surface area contributed by atoms with Crippen LogP contribution in [0.5, 0.6) is 0 Å². The van der Waals surface area contributed by atoms with Crippen molar-refractivity contribution in [3.63, 3.8) is 0 Å². The molecule has 0 atom stereocenters. The van der Waals surface area contributed by atoms with Crippen LogP contribution in [0.25, 0.3) is 11.0 Å². The third-order valence-corrected chi connectivity index (χ3v) is 2.92. The summed E-state index contributed by atoms with van der Waals surface area (Å²) in [4.78, 5) is 4.31. The maximum absolute atomic E-state index is 6.07. The van der Waals surface area contributed by atoms with Gasteiger partial charge in [-0.3, -0.25) is 0 Å². The van der Waals surface area contributed by atoms with Crippen LogP contribution in [0.4, 0.5) is 0 Å². The Balaban J connectivity index is 2.07. The van der Waals surface area contributed by atoms with Gasteiger partial charge in [0.05, 0.1) is 11.9 Å². The molecule has 0 saturated heterocycles. The standard InChI is InChI=1S/C13H10ClN3/c14-12-11-7-4-8-15-13(11)17(16-12)9-10-5-2-1-3-6-10/h1-8H,9H2. The van der Waals surface area contributed by atoms with Gasteiger partial charge in [-0.2, -0.15) is 5.10 Å². The molecule has 0 fully saturated rings. The van der Waals surface area contributed by atoms with Crippen molar-refractivity contribution in [1.29, 1.82) is 0 Å². The fraction of sp³-hybridized carbons (Fsp3) is 0.0769. The molecule has 17 heavy (non-hydrogen) atoms. The molecular weight excluding hydrogens is 234 g/mol. The van der Waals surface area contributed by atoms with E-state index in [0.717, 1.165) is 11.0 Å². The van der Waals surface area contributed by atoms with Gasteiger partial charge in [-0.15, -0.1) is 0 Å². The van der Waals surface area contributed by atoms with Crippen LogP contribution in [0.1, 0.15) is 5.56 Å². The van der Waals surface area contributed by atoms with E-state index < -0.39 is 0 Å². The summed E-state index contributed by atoms with van der Waals surface area (Å²) >= 11 is 6.07. The molecule has 4 heteroatoms. The lowest BCUT2D eigenvalue weighted by molar-refractivity contribution is 0.704. The number of aromatic nitrogens is 3. The van der Waals surface area contributed by atoms with Crippen molar-refractivity contribution in [2.45, 2.75) is 6.54 Å². The minimum atomic E-state index is 0.504. The predicted octanol–water partition coefficient (Wildman–Crippen LogP) is 3.13. The molecule has 84 valence electrons. The van der Waals surface area contributed by atoms with Crippen molar-refractivity contribution in [2.75, 3.05) is 0 Å². The van der Waals surface area contributed by atoms with E-state index in [1.165, 1.54) is 5.56 Å². The molecular formula is C13H10ClN3. The maximum Gasteiger partial charge on any atom is 0.160 e. The first kappa shape index (κ1) is 10.3. The summed E-state index contributed by atoms with van der Waals surface area (Å²) in [5.41, 5.74) is 2.00. The first-order chi connectivity index (χ1) is 8.34. The highest BCUT2D eigenvalue weighted by molar-refractivity contribution is 6.34. The summed E-state index contributed by atoms with van der Waals surface area (Å²) < 4.78 is 1.83. The number of halogens is 1. The number of rotatable bonds is 2. The van der Waals surface area contributed by atoms with E-state index in [4.69, 9.17) is 11.6 Å². The summed E-state index contributed by atoms with van der Waals surface area (Å²) in [6.45, 7) is 0.682. The van der Waals surface area contributed by atoms with Gasteiger partial charge in [0.25, 0.3) is 0 Å². The van der Waals surface area contributed by atoms with Gasteiger partial charge in [-0.25, -0.2) is 9.67 Å². The molecule has 2 heterocycles. The highest BCUT2D eigenvalue weighted by Crippen LogP contribution is 2.21. The van der Waals surface area contributed by atoms with Gasteiger partial charge >= 0.3 is 0 Å². The predicted molar refractivity (Wildman–Crippen MR) is 68.1 cm³/mol. The van der Waals surface area contributed by atoms with Crippen molar-refractivity contribution < 1.29 is 0 Å². The highest BCUT2D eigenvalue weighted by atomic mass is 35.5. The van der Waals surface area contributed by atoms with Crippen LogP contribution in [0.15, 0.2) is 48.7 Å². The fourth-order valence-corrected chi connectivity index (χ4v) is 2.08. The van der Waals surface area contributed by atoms with E-state index in [2.05, 4.69) is 22.2 Å². The second-order valence-electron chi connectivity index (χ2n) is 3.81. The summed E-state index contributed by atoms with van der Waals surface area (Å²) in [5.74, 6) is 0. The van der Waals surface area contributed by atoms with E-state index in [1.807, 2.05) is 35.0 Å². The average Bonchev–Trinajstić information content (AvgIpc) is 2.69. The van der Waals surface area contributed by atoms with Crippen molar-refractivity contribution in [2.24, 2.45) is 0 Å². The Hall–Kier alpha value is -1.87. The SMILES string of the molecule is Clc1nn(Cc2ccccc2)c2ncccc12. The van der Waals surface area contributed by atoms with Crippen LogP contribution < -0.4 is 0 Å². The van der Waals surface area contributed by atoms with E-state index in [1.54, 1.807) is 6.20 Å². The first-order valence-corrected chi connectivity index (χ1v) is 5.73. The molecule has 3 nitrogen and oxygen atoms in total. The van der Waals surface area contributed by atoms with Crippen LogP contribution in [-0.2, 0) is 6.54 Å². The third-order valence-electron chi connectivity index (χ3n) is 2.64. The molecule has 0 amide bonds. The summed E-state index contributed by atoms with van der Waals surface area (Å²) in [7, 11) is 0. The largest absolute Gasteiger partial charge is 0.241 e. The Bertz CT molecular complexity index is 646. The lowest BCUT2D eigenvalue weighted by atomic mass is 10.2. The summed E-state index contributed by atoms with van der Waals surface area (Å²) in [5, 5.41) is 5.70. The van der Waals surface area contributed by atoms with Gasteiger partial charge in [0.15, 0.2) is 10.8 Å². The van der Waals surface area contributed by atoms with Gasteiger partial charge in [-0.05, 0) is 17.7 Å². The van der Waals surface area contributed by atoms with Gasteiger partial charge in [-0.1, -0.05) is 41.9 Å². The number of hydrogen-bond acceptors (Lipinski definition) is 2. The van der Waals surface area contributed by atoms with Crippen molar-refractivity contribution >= 4 is 22.6 Å². The Morgan fingerprint density at radius 3 is 2.71 bits per heavy atom. The topological polar surface area (TPSA) is 30.7 Å². The van der Waals surface area contributed by atoms with E-state index in [9.17, 15) is 0 Å². The number of pyridine rings is 1. The number of nitrogens with zero attached hydrogens (tertiary/aromatic N) is 3. The molecule has 0 saturated carbocycles. The lowest BCUT2D eigenvalue weighted by Crippen LogP contribution is -2.02. The molecule has 0 unspecified atom stereocenters. The van der Waals surface area contributed by atoms with Crippen LogP contribution in [0, 0.1) is 0 Å². The Kier molecular flexibility index (Phi) is 2.53. The Labute approximate surface area is 104 Å². The van der Waals surface area contributed by atoms with Crippen LogP contribution in [-0.4, -0.2) is 14.8 Å². The van der Waals surface area contributed by atoms with Crippen molar-refractivity contribution in [3.05, 3.63) is 59.4 Å². The van der Waals surface area contributed by atoms with E-state index >= 15 is 0 Å². The quantitative estimate of drug-likeness (QED) is 0.692. The summed E-state index contributed by atoms with van der Waals surface area (Å²) in [6.07, 6.45) is 1.75. The zero-order valence-corrected chi connectivity index (χ0v) is 9.80. The molecule has 0 spiro atoms. The van der Waals surface area contributed by atoms with Crippen LogP contribution in [0.2, 0.25) is 5.15 Å². The minimum Gasteiger partial charge on any atom is -0.241 e. The van der Waals surface area contributed by atoms with Crippen LogP contribution >= 0.6 is 11.6 Å². The number of hydrogen-bond donors (Lipinski definition) is 0. The third kappa shape index (κ3) is 1.89. The zero-order chi connectivity index (χ0) is 11.7. The van der Waals surface area contributed by atoms with Gasteiger partial charge in [0.2, 0.25) is 0 Å². The molecule has 2 aromatic heterocycles. The molecule has 0 radical (unpaired) electrons. The van der Waals surface area contributed by atoms with Gasteiger partial charge in [0.1, 0.15) is 0 Å². The monoisotopic (exact) mass is 243 g/mol. The zero-order valence-electron chi connectivity index (χ0n) is 9.05. The normalized spacial score (nSPS) is 10.9. The van der Waals surface area contributed by atoms with E-state index in [-0.39, 0.29) is 0 Å². The fourth-order valence-electron chi connectivity index (χ4n) is 1.84. The minimum absolute atomic E-state index is 0.504. The second-order valence-corrected chi connectivity index (χ2v) is 4.17. The highest BCUT2D eigenvalue weighted by Gasteiger charge is 2.08. The molecule has 0 bridgehead atoms. The van der Waals surface area contributed by atoms with Crippen molar-refractivity contribution in [3.8, 4) is 0 Å². The summed E-state index contributed by atoms with van der Waals surface area (Å²) in [6, 6.07) is 13.9. The molecule has 3 aromatic rings. The smallest absolute Gasteiger partial charge is 0.160 e. The second kappa shape index (κ2) is 4.18. The molecule has 3 rings (SSSR count). The molecule has 0 N–H and O–H groups in total. The van der Waals surface area contributed by atoms with Gasteiger partial charge in [0, 0.05) is 6.20 Å².